The topological polar surface area (TPSA) is 41.6 Å². The summed E-state index contributed by atoms with van der Waals surface area (Å²) >= 11 is 4.57. The summed E-state index contributed by atoms with van der Waals surface area (Å²) in [5.74, 6) is 0. The highest BCUT2D eigenvalue weighted by Gasteiger charge is 2.04. The van der Waals surface area contributed by atoms with Gasteiger partial charge in [0.2, 0.25) is 0 Å². The minimum absolute atomic E-state index is 0.0821. The first kappa shape index (κ1) is 9.16. The maximum Gasteiger partial charge on any atom is 0.324 e. The van der Waals surface area contributed by atoms with Gasteiger partial charge in [0, 0.05) is 14.1 Å². The van der Waals surface area contributed by atoms with E-state index in [9.17, 15) is 4.79 Å². The fourth-order valence-electron chi connectivity index (χ4n) is 0.250. The maximum absolute atomic E-state index is 10.8. The molecule has 0 atom stereocenters. The van der Waals surface area contributed by atoms with Crippen molar-refractivity contribution in [2.75, 3.05) is 21.2 Å². The van der Waals surface area contributed by atoms with Crippen LogP contribution < -0.4 is 5.32 Å². The first-order valence-corrected chi connectivity index (χ1v) is 3.05. The molecule has 5 heteroatoms. The van der Waals surface area contributed by atoms with E-state index in [4.69, 9.17) is 0 Å². The SMILES string of the molecule is COC(=S)NC(=O)N(C)C. The van der Waals surface area contributed by atoms with E-state index in [2.05, 4.69) is 22.3 Å². The molecule has 0 aliphatic heterocycles. The van der Waals surface area contributed by atoms with E-state index in [1.807, 2.05) is 0 Å². The van der Waals surface area contributed by atoms with Crippen LogP contribution in [0.2, 0.25) is 0 Å². The van der Waals surface area contributed by atoms with Crippen molar-refractivity contribution in [3.05, 3.63) is 0 Å². The van der Waals surface area contributed by atoms with E-state index in [0.717, 1.165) is 0 Å². The molecule has 0 unspecified atom stereocenters. The van der Waals surface area contributed by atoms with Crippen LogP contribution in [0.5, 0.6) is 0 Å². The molecule has 10 heavy (non-hydrogen) atoms. The molecule has 0 saturated heterocycles. The summed E-state index contributed by atoms with van der Waals surface area (Å²) in [7, 11) is 4.64. The molecule has 0 aliphatic carbocycles. The molecule has 1 N–H and O–H groups in total. The normalized spacial score (nSPS) is 8.30. The molecule has 0 spiro atoms. The Kier molecular flexibility index (Phi) is 3.71. The van der Waals surface area contributed by atoms with Gasteiger partial charge in [-0.1, -0.05) is 0 Å². The van der Waals surface area contributed by atoms with E-state index < -0.39 is 0 Å². The average Bonchev–Trinajstić information content (AvgIpc) is 1.87. The van der Waals surface area contributed by atoms with Gasteiger partial charge in [-0.25, -0.2) is 4.79 Å². The van der Waals surface area contributed by atoms with Gasteiger partial charge < -0.3 is 9.64 Å². The molecule has 0 aliphatic rings. The average molecular weight is 162 g/mol. The summed E-state index contributed by atoms with van der Waals surface area (Å²) in [4.78, 5) is 12.1. The zero-order valence-corrected chi connectivity index (χ0v) is 6.99. The van der Waals surface area contributed by atoms with Gasteiger partial charge in [-0.3, -0.25) is 5.32 Å². The van der Waals surface area contributed by atoms with Crippen LogP contribution >= 0.6 is 12.2 Å². The summed E-state index contributed by atoms with van der Waals surface area (Å²) in [6.07, 6.45) is 0. The summed E-state index contributed by atoms with van der Waals surface area (Å²) in [5, 5.41) is 2.41. The monoisotopic (exact) mass is 162 g/mol. The molecular formula is C5H10N2O2S. The summed E-state index contributed by atoms with van der Waals surface area (Å²) in [6.45, 7) is 0. The van der Waals surface area contributed by atoms with Gasteiger partial charge in [-0.05, 0) is 12.2 Å². The van der Waals surface area contributed by atoms with Crippen LogP contribution in [0, 0.1) is 0 Å². The van der Waals surface area contributed by atoms with Crippen LogP contribution in [-0.2, 0) is 4.74 Å². The molecule has 0 fully saturated rings. The fraction of sp³-hybridized carbons (Fsp3) is 0.600. The van der Waals surface area contributed by atoms with Crippen molar-refractivity contribution < 1.29 is 9.53 Å². The van der Waals surface area contributed by atoms with Gasteiger partial charge in [0.15, 0.2) is 0 Å². The molecular weight excluding hydrogens is 152 g/mol. The minimum Gasteiger partial charge on any atom is -0.474 e. The Bertz CT molecular complexity index is 147. The number of nitrogens with one attached hydrogen (secondary N) is 1. The molecule has 0 bridgehead atoms. The molecule has 2 amide bonds. The number of carbonyl (C=O) groups is 1. The van der Waals surface area contributed by atoms with Crippen LogP contribution in [0.1, 0.15) is 0 Å². The predicted molar refractivity (Wildman–Crippen MR) is 41.8 cm³/mol. The first-order valence-electron chi connectivity index (χ1n) is 2.64. The number of methoxy groups -OCH3 is 1. The van der Waals surface area contributed by atoms with Crippen LogP contribution in [-0.4, -0.2) is 37.3 Å². The van der Waals surface area contributed by atoms with Crippen molar-refractivity contribution in [2.45, 2.75) is 0 Å². The third-order valence-electron chi connectivity index (χ3n) is 0.801. The molecule has 58 valence electrons. The second-order valence-electron chi connectivity index (χ2n) is 1.82. The highest BCUT2D eigenvalue weighted by Crippen LogP contribution is 1.78. The summed E-state index contributed by atoms with van der Waals surface area (Å²) in [5.41, 5.74) is 0. The molecule has 0 heterocycles. The van der Waals surface area contributed by atoms with Crippen molar-refractivity contribution in [1.29, 1.82) is 0 Å². The van der Waals surface area contributed by atoms with Gasteiger partial charge in [0.05, 0.1) is 7.11 Å². The lowest BCUT2D eigenvalue weighted by Crippen LogP contribution is -2.38. The van der Waals surface area contributed by atoms with Crippen LogP contribution in [0.15, 0.2) is 0 Å². The zero-order valence-electron chi connectivity index (χ0n) is 6.17. The van der Waals surface area contributed by atoms with Crippen LogP contribution in [0.4, 0.5) is 4.79 Å². The van der Waals surface area contributed by atoms with Gasteiger partial charge in [0.1, 0.15) is 0 Å². The van der Waals surface area contributed by atoms with Crippen molar-refractivity contribution in [3.63, 3.8) is 0 Å². The molecule has 0 aromatic heterocycles. The Balaban J connectivity index is 3.69. The van der Waals surface area contributed by atoms with Crippen molar-refractivity contribution in [2.24, 2.45) is 0 Å². The number of urea groups is 1. The van der Waals surface area contributed by atoms with Gasteiger partial charge in [0.25, 0.3) is 5.17 Å². The minimum atomic E-state index is -0.285. The highest BCUT2D eigenvalue weighted by atomic mass is 32.1. The van der Waals surface area contributed by atoms with Crippen LogP contribution in [0.3, 0.4) is 0 Å². The van der Waals surface area contributed by atoms with Gasteiger partial charge in [-0.15, -0.1) is 0 Å². The third-order valence-corrected chi connectivity index (χ3v) is 1.07. The zero-order chi connectivity index (χ0) is 8.15. The number of hydrogen-bond donors (Lipinski definition) is 1. The molecule has 0 aromatic carbocycles. The number of ether oxygens (including phenoxy) is 1. The van der Waals surface area contributed by atoms with Gasteiger partial charge >= 0.3 is 6.03 Å². The van der Waals surface area contributed by atoms with E-state index in [1.54, 1.807) is 14.1 Å². The largest absolute Gasteiger partial charge is 0.474 e. The Labute approximate surface area is 65.1 Å². The first-order chi connectivity index (χ1) is 4.57. The number of carbonyl (C=O) groups excluding carboxylic acids is 1. The van der Waals surface area contributed by atoms with E-state index in [1.165, 1.54) is 12.0 Å². The summed E-state index contributed by atoms with van der Waals surface area (Å²) in [6, 6.07) is -0.285. The Morgan fingerprint density at radius 2 is 2.10 bits per heavy atom. The predicted octanol–water partition coefficient (Wildman–Crippen LogP) is 0.189. The second-order valence-corrected chi connectivity index (χ2v) is 2.19. The fourth-order valence-corrected chi connectivity index (χ4v) is 0.337. The second kappa shape index (κ2) is 4.05. The number of amides is 2. The standard InChI is InChI=1S/C5H10N2O2S/c1-7(2)4(8)6-5(10)9-3/h1-3H3,(H,6,8,10). The third kappa shape index (κ3) is 3.24. The number of hydrogen-bond acceptors (Lipinski definition) is 3. The van der Waals surface area contributed by atoms with Crippen molar-refractivity contribution in [3.8, 4) is 0 Å². The lowest BCUT2D eigenvalue weighted by molar-refractivity contribution is 0.220. The van der Waals surface area contributed by atoms with Crippen molar-refractivity contribution >= 4 is 23.4 Å². The number of thiocarbonyl (C=S) groups is 1. The quantitative estimate of drug-likeness (QED) is 0.517. The molecule has 0 aromatic rings. The summed E-state index contributed by atoms with van der Waals surface area (Å²) < 4.78 is 4.54. The molecule has 4 nitrogen and oxygen atoms in total. The lowest BCUT2D eigenvalue weighted by atomic mass is 10.8. The number of rotatable bonds is 0. The smallest absolute Gasteiger partial charge is 0.324 e. The Morgan fingerprint density at radius 3 is 2.40 bits per heavy atom. The van der Waals surface area contributed by atoms with E-state index in [-0.39, 0.29) is 11.2 Å². The Hall–Kier alpha value is -0.840. The molecule has 0 radical (unpaired) electrons. The van der Waals surface area contributed by atoms with E-state index in [0.29, 0.717) is 0 Å². The Morgan fingerprint density at radius 1 is 1.60 bits per heavy atom. The van der Waals surface area contributed by atoms with Gasteiger partial charge in [-0.2, -0.15) is 0 Å². The van der Waals surface area contributed by atoms with E-state index >= 15 is 0 Å². The number of nitrogens with zero attached hydrogens (tertiary/aromatic N) is 1. The van der Waals surface area contributed by atoms with Crippen LogP contribution in [0.25, 0.3) is 0 Å². The van der Waals surface area contributed by atoms with Crippen molar-refractivity contribution in [1.82, 2.24) is 10.2 Å². The molecule has 0 saturated carbocycles. The highest BCUT2D eigenvalue weighted by molar-refractivity contribution is 7.80. The maximum atomic E-state index is 10.8. The lowest BCUT2D eigenvalue weighted by Gasteiger charge is -2.10. The molecule has 0 rings (SSSR count).